The third-order valence-corrected chi connectivity index (χ3v) is 5.92. The first-order chi connectivity index (χ1) is 10.0. The SMILES string of the molecule is Cc1ccc(S(=O)(=O)C[C@@H](SC#N)c2ccccc2)cc1. The number of nitriles is 1. The molecule has 0 spiro atoms. The highest BCUT2D eigenvalue weighted by atomic mass is 32.2. The summed E-state index contributed by atoms with van der Waals surface area (Å²) in [4.78, 5) is 0.299. The molecule has 3 nitrogen and oxygen atoms in total. The van der Waals surface area contributed by atoms with E-state index < -0.39 is 9.84 Å². The van der Waals surface area contributed by atoms with Gasteiger partial charge in [-0.25, -0.2) is 8.42 Å². The van der Waals surface area contributed by atoms with E-state index in [2.05, 4.69) is 0 Å². The molecule has 21 heavy (non-hydrogen) atoms. The summed E-state index contributed by atoms with van der Waals surface area (Å²) in [6.07, 6.45) is 0. The Morgan fingerprint density at radius 3 is 2.29 bits per heavy atom. The van der Waals surface area contributed by atoms with E-state index in [4.69, 9.17) is 5.26 Å². The maximum absolute atomic E-state index is 12.5. The number of thiocyanates is 1. The van der Waals surface area contributed by atoms with Crippen LogP contribution in [0.1, 0.15) is 16.4 Å². The Morgan fingerprint density at radius 1 is 1.10 bits per heavy atom. The van der Waals surface area contributed by atoms with Gasteiger partial charge in [0, 0.05) is 0 Å². The van der Waals surface area contributed by atoms with Crippen LogP contribution in [0.5, 0.6) is 0 Å². The molecule has 0 fully saturated rings. The largest absolute Gasteiger partial charge is 0.224 e. The molecule has 5 heteroatoms. The van der Waals surface area contributed by atoms with E-state index in [0.29, 0.717) is 4.90 Å². The maximum atomic E-state index is 12.5. The van der Waals surface area contributed by atoms with E-state index in [0.717, 1.165) is 22.9 Å². The van der Waals surface area contributed by atoms with E-state index in [-0.39, 0.29) is 11.0 Å². The summed E-state index contributed by atoms with van der Waals surface area (Å²) in [5, 5.41) is 10.5. The van der Waals surface area contributed by atoms with Crippen LogP contribution in [-0.2, 0) is 9.84 Å². The van der Waals surface area contributed by atoms with Crippen molar-refractivity contribution in [2.75, 3.05) is 5.75 Å². The van der Waals surface area contributed by atoms with Crippen molar-refractivity contribution < 1.29 is 8.42 Å². The number of nitrogens with zero attached hydrogens (tertiary/aromatic N) is 1. The molecule has 1 atom stereocenters. The molecule has 0 saturated heterocycles. The van der Waals surface area contributed by atoms with Crippen LogP contribution >= 0.6 is 11.8 Å². The fourth-order valence-electron chi connectivity index (χ4n) is 1.97. The van der Waals surface area contributed by atoms with Gasteiger partial charge < -0.3 is 0 Å². The van der Waals surface area contributed by atoms with Gasteiger partial charge in [0.25, 0.3) is 0 Å². The summed E-state index contributed by atoms with van der Waals surface area (Å²) in [6, 6.07) is 16.0. The minimum Gasteiger partial charge on any atom is -0.224 e. The molecule has 0 amide bonds. The van der Waals surface area contributed by atoms with Crippen molar-refractivity contribution in [1.29, 1.82) is 5.26 Å². The molecule has 0 aliphatic heterocycles. The molecule has 2 aromatic carbocycles. The van der Waals surface area contributed by atoms with E-state index in [9.17, 15) is 8.42 Å². The number of aryl methyl sites for hydroxylation is 1. The lowest BCUT2D eigenvalue weighted by molar-refractivity contribution is 0.595. The van der Waals surface area contributed by atoms with Crippen molar-refractivity contribution in [2.45, 2.75) is 17.1 Å². The lowest BCUT2D eigenvalue weighted by Gasteiger charge is -2.14. The second-order valence-corrected chi connectivity index (χ2v) is 7.72. The summed E-state index contributed by atoms with van der Waals surface area (Å²) in [5.74, 6) is -0.0850. The Labute approximate surface area is 129 Å². The van der Waals surface area contributed by atoms with Gasteiger partial charge in [-0.2, -0.15) is 5.26 Å². The van der Waals surface area contributed by atoms with Crippen LogP contribution < -0.4 is 0 Å². The van der Waals surface area contributed by atoms with Crippen LogP contribution in [-0.4, -0.2) is 14.2 Å². The van der Waals surface area contributed by atoms with Gasteiger partial charge in [0.1, 0.15) is 5.40 Å². The molecule has 0 N–H and O–H groups in total. The van der Waals surface area contributed by atoms with E-state index in [1.54, 1.807) is 24.3 Å². The second kappa shape index (κ2) is 6.79. The van der Waals surface area contributed by atoms with Crippen LogP contribution in [0.25, 0.3) is 0 Å². The van der Waals surface area contributed by atoms with Gasteiger partial charge in [-0.05, 0) is 36.4 Å². The van der Waals surface area contributed by atoms with Gasteiger partial charge in [-0.3, -0.25) is 0 Å². The number of rotatable bonds is 5. The number of sulfone groups is 1. The van der Waals surface area contributed by atoms with Crippen molar-refractivity contribution >= 4 is 21.6 Å². The maximum Gasteiger partial charge on any atom is 0.179 e. The Kier molecular flexibility index (Phi) is 5.05. The Morgan fingerprint density at radius 2 is 1.71 bits per heavy atom. The van der Waals surface area contributed by atoms with E-state index >= 15 is 0 Å². The molecule has 0 radical (unpaired) electrons. The predicted octanol–water partition coefficient (Wildman–Crippen LogP) is 3.72. The van der Waals surface area contributed by atoms with Crippen LogP contribution in [0.4, 0.5) is 0 Å². The van der Waals surface area contributed by atoms with Crippen LogP contribution in [0, 0.1) is 17.6 Å². The Bertz CT molecular complexity index is 732. The molecule has 108 valence electrons. The minimum atomic E-state index is -3.42. The van der Waals surface area contributed by atoms with Crippen molar-refractivity contribution in [1.82, 2.24) is 0 Å². The number of hydrogen-bond acceptors (Lipinski definition) is 4. The third kappa shape index (κ3) is 4.10. The van der Waals surface area contributed by atoms with E-state index in [1.807, 2.05) is 42.7 Å². The summed E-state index contributed by atoms with van der Waals surface area (Å²) in [6.45, 7) is 1.91. The minimum absolute atomic E-state index is 0.0850. The lowest BCUT2D eigenvalue weighted by atomic mass is 10.2. The van der Waals surface area contributed by atoms with Gasteiger partial charge in [-0.15, -0.1) is 0 Å². The number of benzene rings is 2. The van der Waals surface area contributed by atoms with Crippen molar-refractivity contribution in [3.8, 4) is 5.40 Å². The third-order valence-electron chi connectivity index (χ3n) is 3.12. The smallest absolute Gasteiger partial charge is 0.179 e. The summed E-state index contributed by atoms with van der Waals surface area (Å²) < 4.78 is 25.0. The first-order valence-corrected chi connectivity index (χ1v) is 8.95. The van der Waals surface area contributed by atoms with Gasteiger partial charge in [0.05, 0.1) is 15.9 Å². The molecular formula is C16H15NO2S2. The van der Waals surface area contributed by atoms with Crippen molar-refractivity contribution in [3.05, 3.63) is 65.7 Å². The summed E-state index contributed by atoms with van der Waals surface area (Å²) in [7, 11) is -3.42. The van der Waals surface area contributed by atoms with Crippen molar-refractivity contribution in [3.63, 3.8) is 0 Å². The quantitative estimate of drug-likeness (QED) is 0.789. The number of hydrogen-bond donors (Lipinski definition) is 0. The van der Waals surface area contributed by atoms with Crippen LogP contribution in [0.3, 0.4) is 0 Å². The topological polar surface area (TPSA) is 57.9 Å². The van der Waals surface area contributed by atoms with Crippen molar-refractivity contribution in [2.24, 2.45) is 0 Å². The molecule has 0 unspecified atom stereocenters. The molecule has 0 heterocycles. The molecule has 2 aromatic rings. The van der Waals surface area contributed by atoms with Gasteiger partial charge in [0.15, 0.2) is 9.84 Å². The average molecular weight is 317 g/mol. The summed E-state index contributed by atoms with van der Waals surface area (Å²) in [5.41, 5.74) is 1.86. The molecule has 0 aliphatic carbocycles. The van der Waals surface area contributed by atoms with Gasteiger partial charge in [-0.1, -0.05) is 48.0 Å². The molecule has 2 rings (SSSR count). The average Bonchev–Trinajstić information content (AvgIpc) is 2.48. The highest BCUT2D eigenvalue weighted by Crippen LogP contribution is 2.31. The zero-order valence-electron chi connectivity index (χ0n) is 11.6. The molecule has 0 saturated carbocycles. The molecule has 0 bridgehead atoms. The first-order valence-electron chi connectivity index (χ1n) is 6.42. The van der Waals surface area contributed by atoms with Crippen LogP contribution in [0.15, 0.2) is 59.5 Å². The fraction of sp³-hybridized carbons (Fsp3) is 0.188. The monoisotopic (exact) mass is 317 g/mol. The van der Waals surface area contributed by atoms with Gasteiger partial charge >= 0.3 is 0 Å². The van der Waals surface area contributed by atoms with Gasteiger partial charge in [0.2, 0.25) is 0 Å². The Balaban J connectivity index is 2.28. The molecular weight excluding hydrogens is 302 g/mol. The normalized spacial score (nSPS) is 12.6. The molecule has 0 aromatic heterocycles. The standard InChI is InChI=1S/C16H15NO2S2/c1-13-7-9-15(10-8-13)21(18,19)11-16(20-12-17)14-5-3-2-4-6-14/h2-10,16H,11H2,1H3/t16-/m1/s1. The Hall–Kier alpha value is -1.77. The highest BCUT2D eigenvalue weighted by molar-refractivity contribution is 8.04. The highest BCUT2D eigenvalue weighted by Gasteiger charge is 2.23. The van der Waals surface area contributed by atoms with Crippen LogP contribution in [0.2, 0.25) is 0 Å². The zero-order chi connectivity index (χ0) is 15.3. The predicted molar refractivity (Wildman–Crippen MR) is 85.6 cm³/mol. The lowest BCUT2D eigenvalue weighted by Crippen LogP contribution is -2.13. The first kappa shape index (κ1) is 15.6. The van der Waals surface area contributed by atoms with E-state index in [1.165, 1.54) is 0 Å². The zero-order valence-corrected chi connectivity index (χ0v) is 13.2. The molecule has 0 aliphatic rings. The summed E-state index contributed by atoms with van der Waals surface area (Å²) >= 11 is 0.981. The second-order valence-electron chi connectivity index (χ2n) is 4.70. The number of thioether (sulfide) groups is 1. The fourth-order valence-corrected chi connectivity index (χ4v) is 4.54.